The molecule has 2 aromatic carbocycles. The quantitative estimate of drug-likeness (QED) is 0.427. The van der Waals surface area contributed by atoms with Crippen molar-refractivity contribution in [3.8, 4) is 11.5 Å². The number of nitrogens with zero attached hydrogens (tertiary/aromatic N) is 1. The lowest BCUT2D eigenvalue weighted by molar-refractivity contribution is -0.142. The molecule has 1 aliphatic heterocycles. The van der Waals surface area contributed by atoms with E-state index in [0.717, 1.165) is 24.8 Å². The van der Waals surface area contributed by atoms with Crippen LogP contribution in [-0.2, 0) is 24.3 Å². The van der Waals surface area contributed by atoms with Gasteiger partial charge in [-0.2, -0.15) is 4.31 Å². The molecule has 0 saturated carbocycles. The average molecular weight is 489 g/mol. The number of rotatable bonds is 9. The summed E-state index contributed by atoms with van der Waals surface area (Å²) in [6.07, 6.45) is 5.35. The molecule has 1 aliphatic rings. The van der Waals surface area contributed by atoms with Crippen molar-refractivity contribution in [1.29, 1.82) is 0 Å². The highest BCUT2D eigenvalue weighted by atomic mass is 32.2. The largest absolute Gasteiger partial charge is 0.497 e. The van der Waals surface area contributed by atoms with Crippen molar-refractivity contribution in [3.05, 3.63) is 54.1 Å². The molecule has 2 aromatic rings. The molecule has 1 N–H and O–H groups in total. The molecule has 0 radical (unpaired) electrons. The lowest BCUT2D eigenvalue weighted by Gasteiger charge is -2.26. The summed E-state index contributed by atoms with van der Waals surface area (Å²) in [4.78, 5) is 24.2. The van der Waals surface area contributed by atoms with E-state index in [4.69, 9.17) is 14.2 Å². The molecule has 0 bridgehead atoms. The van der Waals surface area contributed by atoms with E-state index in [2.05, 4.69) is 5.32 Å². The van der Waals surface area contributed by atoms with E-state index in [0.29, 0.717) is 18.8 Å². The predicted molar refractivity (Wildman–Crippen MR) is 127 cm³/mol. The Morgan fingerprint density at radius 1 is 1.03 bits per heavy atom. The fourth-order valence-electron chi connectivity index (χ4n) is 3.49. The van der Waals surface area contributed by atoms with Gasteiger partial charge in [-0.05, 0) is 54.8 Å². The van der Waals surface area contributed by atoms with E-state index < -0.39 is 28.5 Å². The molecule has 0 spiro atoms. The van der Waals surface area contributed by atoms with Crippen LogP contribution in [0.15, 0.2) is 53.4 Å². The van der Waals surface area contributed by atoms with Gasteiger partial charge in [-0.1, -0.05) is 18.6 Å². The lowest BCUT2D eigenvalue weighted by Crippen LogP contribution is -2.35. The number of amides is 1. The number of methoxy groups -OCH3 is 2. The van der Waals surface area contributed by atoms with Gasteiger partial charge in [0.05, 0.1) is 14.2 Å². The van der Waals surface area contributed by atoms with Crippen molar-refractivity contribution < 1.29 is 32.2 Å². The molecule has 1 amide bonds. The minimum Gasteiger partial charge on any atom is -0.497 e. The first-order chi connectivity index (χ1) is 16.3. The third-order valence-electron chi connectivity index (χ3n) is 5.23. The summed E-state index contributed by atoms with van der Waals surface area (Å²) < 4.78 is 43.0. The van der Waals surface area contributed by atoms with Gasteiger partial charge < -0.3 is 19.5 Å². The summed E-state index contributed by atoms with van der Waals surface area (Å²) >= 11 is 0. The Balaban J connectivity index is 1.61. The zero-order valence-corrected chi connectivity index (χ0v) is 20.0. The van der Waals surface area contributed by atoms with Crippen LogP contribution in [0.1, 0.15) is 24.8 Å². The zero-order chi connectivity index (χ0) is 24.6. The Morgan fingerprint density at radius 2 is 1.79 bits per heavy atom. The number of esters is 1. The summed E-state index contributed by atoms with van der Waals surface area (Å²) in [6, 6.07) is 11.5. The highest BCUT2D eigenvalue weighted by Crippen LogP contribution is 2.31. The van der Waals surface area contributed by atoms with Crippen LogP contribution in [0.2, 0.25) is 0 Å². The summed E-state index contributed by atoms with van der Waals surface area (Å²) in [5, 5.41) is 2.56. The topological polar surface area (TPSA) is 111 Å². The van der Waals surface area contributed by atoms with E-state index in [1.165, 1.54) is 35.7 Å². The molecule has 0 aromatic heterocycles. The summed E-state index contributed by atoms with van der Waals surface area (Å²) in [5.74, 6) is -0.454. The maximum atomic E-state index is 13.1. The fourth-order valence-corrected chi connectivity index (χ4v) is 5.19. The summed E-state index contributed by atoms with van der Waals surface area (Å²) in [6.45, 7) is 0.365. The van der Waals surface area contributed by atoms with Gasteiger partial charge in [-0.25, -0.2) is 13.2 Å². The first-order valence-electron chi connectivity index (χ1n) is 10.8. The normalized spacial score (nSPS) is 14.5. The Kier molecular flexibility index (Phi) is 8.67. The molecule has 0 unspecified atom stereocenters. The van der Waals surface area contributed by atoms with Gasteiger partial charge in [0.2, 0.25) is 10.0 Å². The average Bonchev–Trinajstić information content (AvgIpc) is 2.86. The van der Waals surface area contributed by atoms with Crippen molar-refractivity contribution in [3.63, 3.8) is 0 Å². The van der Waals surface area contributed by atoms with Gasteiger partial charge in [0.15, 0.2) is 6.61 Å². The second-order valence-corrected chi connectivity index (χ2v) is 9.50. The van der Waals surface area contributed by atoms with Crippen LogP contribution in [-0.4, -0.2) is 58.5 Å². The zero-order valence-electron chi connectivity index (χ0n) is 19.2. The van der Waals surface area contributed by atoms with Crippen LogP contribution in [0.25, 0.3) is 6.08 Å². The second-order valence-electron chi connectivity index (χ2n) is 7.60. The Labute approximate surface area is 199 Å². The number of nitrogens with one attached hydrogen (secondary N) is 1. The van der Waals surface area contributed by atoms with E-state index in [1.807, 2.05) is 0 Å². The molecule has 3 rings (SSSR count). The first kappa shape index (κ1) is 25.3. The molecule has 34 heavy (non-hydrogen) atoms. The number of anilines is 1. The smallest absolute Gasteiger partial charge is 0.331 e. The van der Waals surface area contributed by atoms with E-state index in [-0.39, 0.29) is 16.3 Å². The number of ether oxygens (including phenoxy) is 3. The Morgan fingerprint density at radius 3 is 2.50 bits per heavy atom. The number of hydrogen-bond acceptors (Lipinski definition) is 7. The number of hydrogen-bond donors (Lipinski definition) is 1. The van der Waals surface area contributed by atoms with E-state index in [1.54, 1.807) is 37.5 Å². The maximum Gasteiger partial charge on any atom is 0.331 e. The standard InChI is InChI=1S/C24H28N2O7S/c1-31-20-8-6-7-18(15-20)9-12-24(28)33-17-23(27)25-19-10-11-21(32-2)22(16-19)34(29,30)26-13-4-3-5-14-26/h6-12,15-16H,3-5,13-14,17H2,1-2H3,(H,25,27)/b12-9+. The van der Waals surface area contributed by atoms with Crippen LogP contribution in [0.3, 0.4) is 0 Å². The minimum absolute atomic E-state index is 0.0204. The molecule has 0 atom stereocenters. The monoisotopic (exact) mass is 488 g/mol. The third-order valence-corrected chi connectivity index (χ3v) is 7.15. The summed E-state index contributed by atoms with van der Waals surface area (Å²) in [7, 11) is -0.838. The number of carbonyl (C=O) groups excluding carboxylic acids is 2. The van der Waals surface area contributed by atoms with E-state index in [9.17, 15) is 18.0 Å². The molecule has 9 nitrogen and oxygen atoms in total. The second kappa shape index (κ2) is 11.7. The predicted octanol–water partition coefficient (Wildman–Crippen LogP) is 3.07. The SMILES string of the molecule is COc1cccc(/C=C/C(=O)OCC(=O)Nc2ccc(OC)c(S(=O)(=O)N3CCCCC3)c2)c1. The minimum atomic E-state index is -3.77. The van der Waals surface area contributed by atoms with Crippen LogP contribution in [0, 0.1) is 0 Å². The van der Waals surface area contributed by atoms with Crippen LogP contribution in [0.4, 0.5) is 5.69 Å². The van der Waals surface area contributed by atoms with Crippen molar-refractivity contribution in [1.82, 2.24) is 4.31 Å². The molecule has 1 saturated heterocycles. The first-order valence-corrected chi connectivity index (χ1v) is 12.2. The Hall–Kier alpha value is -3.37. The van der Waals surface area contributed by atoms with Crippen molar-refractivity contribution in [2.75, 3.05) is 39.2 Å². The van der Waals surface area contributed by atoms with Crippen molar-refractivity contribution >= 4 is 33.7 Å². The van der Waals surface area contributed by atoms with Gasteiger partial charge in [0.25, 0.3) is 5.91 Å². The maximum absolute atomic E-state index is 13.1. The van der Waals surface area contributed by atoms with Gasteiger partial charge in [-0.15, -0.1) is 0 Å². The van der Waals surface area contributed by atoms with E-state index >= 15 is 0 Å². The number of benzene rings is 2. The van der Waals surface area contributed by atoms with Crippen LogP contribution >= 0.6 is 0 Å². The molecule has 1 fully saturated rings. The van der Waals surface area contributed by atoms with Gasteiger partial charge in [0.1, 0.15) is 16.4 Å². The third kappa shape index (κ3) is 6.58. The Bertz CT molecular complexity index is 1160. The number of piperidine rings is 1. The fraction of sp³-hybridized carbons (Fsp3) is 0.333. The molecular weight excluding hydrogens is 460 g/mol. The molecule has 0 aliphatic carbocycles. The lowest BCUT2D eigenvalue weighted by atomic mass is 10.2. The van der Waals surface area contributed by atoms with Crippen LogP contribution < -0.4 is 14.8 Å². The van der Waals surface area contributed by atoms with Gasteiger partial charge in [0, 0.05) is 24.9 Å². The number of carbonyl (C=O) groups is 2. The highest BCUT2D eigenvalue weighted by molar-refractivity contribution is 7.89. The highest BCUT2D eigenvalue weighted by Gasteiger charge is 2.29. The molecule has 182 valence electrons. The van der Waals surface area contributed by atoms with Crippen molar-refractivity contribution in [2.45, 2.75) is 24.2 Å². The van der Waals surface area contributed by atoms with Crippen molar-refractivity contribution in [2.24, 2.45) is 0 Å². The molecule has 10 heteroatoms. The number of sulfonamides is 1. The molecule has 1 heterocycles. The van der Waals surface area contributed by atoms with Crippen LogP contribution in [0.5, 0.6) is 11.5 Å². The van der Waals surface area contributed by atoms with Gasteiger partial charge in [-0.3, -0.25) is 4.79 Å². The molecular formula is C24H28N2O7S. The summed E-state index contributed by atoms with van der Waals surface area (Å²) in [5.41, 5.74) is 0.991. The van der Waals surface area contributed by atoms with Gasteiger partial charge >= 0.3 is 5.97 Å².